The number of nitrogens with one attached hydrogen (secondary N) is 1. The van der Waals surface area contributed by atoms with Gasteiger partial charge in [-0.05, 0) is 6.42 Å². The van der Waals surface area contributed by atoms with Crippen LogP contribution in [0.15, 0.2) is 0 Å². The maximum Gasteiger partial charge on any atom is 0.211 e. The average Bonchev–Trinajstić information content (AvgIpc) is 2.52. The van der Waals surface area contributed by atoms with E-state index in [1.54, 1.807) is 0 Å². The molecule has 0 aliphatic carbocycles. The first kappa shape index (κ1) is 28.8. The highest BCUT2D eigenvalue weighted by Crippen LogP contribution is 2.12. The van der Waals surface area contributed by atoms with E-state index in [4.69, 9.17) is 0 Å². The second-order valence-corrected chi connectivity index (χ2v) is 10.4. The zero-order chi connectivity index (χ0) is 19.0. The molecule has 160 valence electrons. The van der Waals surface area contributed by atoms with Gasteiger partial charge in [0.15, 0.2) is 0 Å². The predicted molar refractivity (Wildman–Crippen MR) is 110 cm³/mol. The Hall–Kier alpha value is 0.600. The van der Waals surface area contributed by atoms with Gasteiger partial charge in [-0.1, -0.05) is 77.6 Å². The molecule has 0 radical (unpaired) electrons. The van der Waals surface area contributed by atoms with Crippen molar-refractivity contribution < 1.29 is 36.9 Å². The highest BCUT2D eigenvalue weighted by Gasteiger charge is 2.11. The molecule has 0 saturated heterocycles. The fourth-order valence-electron chi connectivity index (χ4n) is 2.99. The molecule has 0 aromatic rings. The van der Waals surface area contributed by atoms with Crippen LogP contribution in [0.5, 0.6) is 0 Å². The Morgan fingerprint density at radius 3 is 1.54 bits per heavy atom. The summed E-state index contributed by atoms with van der Waals surface area (Å²) in [7, 11) is 3.31. The molecule has 4 nitrogen and oxygen atoms in total. The standard InChI is InChI=1S/C20H45N2O2S.HI/c1-5-6-7-8-9-10-11-12-13-14-15-16-20-25(23,24)21-18-17-19-22(2,3)4;/h21H,5-20H2,1-4H3;1H/q+1;/p-1. The van der Waals surface area contributed by atoms with E-state index < -0.39 is 10.0 Å². The van der Waals surface area contributed by atoms with Gasteiger partial charge in [-0.3, -0.25) is 0 Å². The fourth-order valence-corrected chi connectivity index (χ4v) is 4.17. The van der Waals surface area contributed by atoms with Gasteiger partial charge in [0, 0.05) is 13.0 Å². The molecule has 0 saturated carbocycles. The summed E-state index contributed by atoms with van der Waals surface area (Å²) in [6.07, 6.45) is 16.1. The fraction of sp³-hybridized carbons (Fsp3) is 1.00. The summed E-state index contributed by atoms with van der Waals surface area (Å²) >= 11 is 0. The van der Waals surface area contributed by atoms with Crippen molar-refractivity contribution >= 4 is 10.0 Å². The molecule has 0 heterocycles. The molecule has 0 aliphatic heterocycles. The van der Waals surface area contributed by atoms with E-state index in [0.717, 1.165) is 30.3 Å². The first-order valence-corrected chi connectivity index (χ1v) is 12.2. The van der Waals surface area contributed by atoms with Crippen LogP contribution in [0, 0.1) is 0 Å². The Morgan fingerprint density at radius 2 is 1.12 bits per heavy atom. The first-order chi connectivity index (χ1) is 11.8. The summed E-state index contributed by atoms with van der Waals surface area (Å²) < 4.78 is 27.5. The second kappa shape index (κ2) is 17.7. The molecule has 0 bridgehead atoms. The van der Waals surface area contributed by atoms with Crippen LogP contribution in [0.2, 0.25) is 0 Å². The van der Waals surface area contributed by atoms with E-state index in [9.17, 15) is 8.42 Å². The van der Waals surface area contributed by atoms with Crippen molar-refractivity contribution in [3.63, 3.8) is 0 Å². The van der Waals surface area contributed by atoms with Gasteiger partial charge in [0.2, 0.25) is 10.0 Å². The molecule has 6 heteroatoms. The van der Waals surface area contributed by atoms with Gasteiger partial charge >= 0.3 is 0 Å². The molecule has 0 amide bonds. The lowest BCUT2D eigenvalue weighted by molar-refractivity contribution is -0.870. The first-order valence-electron chi connectivity index (χ1n) is 10.5. The number of rotatable bonds is 18. The van der Waals surface area contributed by atoms with Gasteiger partial charge < -0.3 is 28.5 Å². The van der Waals surface area contributed by atoms with Gasteiger partial charge in [-0.2, -0.15) is 0 Å². The summed E-state index contributed by atoms with van der Waals surface area (Å²) in [4.78, 5) is 0. The average molecular weight is 505 g/mol. The number of hydrogen-bond acceptors (Lipinski definition) is 2. The molecule has 26 heavy (non-hydrogen) atoms. The van der Waals surface area contributed by atoms with Gasteiger partial charge in [0.05, 0.1) is 33.4 Å². The minimum absolute atomic E-state index is 0. The second-order valence-electron chi connectivity index (χ2n) is 8.47. The number of nitrogens with zero attached hydrogens (tertiary/aromatic N) is 1. The molecule has 0 rings (SSSR count). The molecule has 0 unspecified atom stereocenters. The third-order valence-electron chi connectivity index (χ3n) is 4.59. The summed E-state index contributed by atoms with van der Waals surface area (Å²) in [5, 5.41) is 0. The molecular formula is C20H45IN2O2S. The van der Waals surface area contributed by atoms with E-state index >= 15 is 0 Å². The third-order valence-corrected chi connectivity index (χ3v) is 6.06. The number of halogens is 1. The van der Waals surface area contributed by atoms with Crippen molar-refractivity contribution in [1.82, 2.24) is 4.72 Å². The van der Waals surface area contributed by atoms with Gasteiger partial charge in [-0.25, -0.2) is 13.1 Å². The molecule has 0 aromatic heterocycles. The van der Waals surface area contributed by atoms with Crippen molar-refractivity contribution in [3.05, 3.63) is 0 Å². The number of quaternary nitrogens is 1. The van der Waals surface area contributed by atoms with Crippen LogP contribution in [-0.4, -0.2) is 52.9 Å². The van der Waals surface area contributed by atoms with Gasteiger partial charge in [-0.15, -0.1) is 0 Å². The molecule has 0 atom stereocenters. The van der Waals surface area contributed by atoms with Crippen molar-refractivity contribution in [2.24, 2.45) is 0 Å². The molecular weight excluding hydrogens is 459 g/mol. The molecule has 1 N–H and O–H groups in total. The maximum atomic E-state index is 11.9. The highest BCUT2D eigenvalue weighted by atomic mass is 127. The molecule has 0 aromatic carbocycles. The van der Waals surface area contributed by atoms with Crippen LogP contribution in [0.3, 0.4) is 0 Å². The molecule has 0 aliphatic rings. The minimum atomic E-state index is -3.07. The number of sulfonamides is 1. The van der Waals surface area contributed by atoms with E-state index in [1.165, 1.54) is 64.2 Å². The lowest BCUT2D eigenvalue weighted by atomic mass is 10.1. The smallest absolute Gasteiger partial charge is 0.211 e. The number of hydrogen-bond donors (Lipinski definition) is 1. The van der Waals surface area contributed by atoms with Crippen LogP contribution in [0.1, 0.15) is 90.4 Å². The zero-order valence-corrected chi connectivity index (χ0v) is 20.8. The topological polar surface area (TPSA) is 46.2 Å². The van der Waals surface area contributed by atoms with Crippen LogP contribution in [0.4, 0.5) is 0 Å². The Balaban J connectivity index is 0. The van der Waals surface area contributed by atoms with Crippen LogP contribution >= 0.6 is 0 Å². The lowest BCUT2D eigenvalue weighted by Crippen LogP contribution is -3.00. The van der Waals surface area contributed by atoms with Gasteiger partial charge in [0.25, 0.3) is 0 Å². The summed E-state index contributed by atoms with van der Waals surface area (Å²) in [5.74, 6) is 0.287. The predicted octanol–water partition coefficient (Wildman–Crippen LogP) is 1.71. The lowest BCUT2D eigenvalue weighted by Gasteiger charge is -2.23. The van der Waals surface area contributed by atoms with Crippen LogP contribution < -0.4 is 28.7 Å². The van der Waals surface area contributed by atoms with Gasteiger partial charge in [0.1, 0.15) is 0 Å². The molecule has 0 spiro atoms. The summed E-state index contributed by atoms with van der Waals surface area (Å²) in [5.41, 5.74) is 0. The normalized spacial score (nSPS) is 12.2. The Labute approximate surface area is 181 Å². The largest absolute Gasteiger partial charge is 1.00 e. The van der Waals surface area contributed by atoms with Crippen molar-refractivity contribution in [2.45, 2.75) is 90.4 Å². The SMILES string of the molecule is CCCCCCCCCCCCCCS(=O)(=O)NCCC[N+](C)(C)C.[I-]. The molecule has 0 fully saturated rings. The zero-order valence-electron chi connectivity index (χ0n) is 17.9. The Morgan fingerprint density at radius 1 is 0.692 bits per heavy atom. The van der Waals surface area contributed by atoms with Crippen LogP contribution in [0.25, 0.3) is 0 Å². The van der Waals surface area contributed by atoms with Crippen LogP contribution in [-0.2, 0) is 10.0 Å². The Kier molecular flexibility index (Phi) is 19.6. The number of unbranched alkanes of at least 4 members (excludes halogenated alkanes) is 11. The van der Waals surface area contributed by atoms with E-state index in [2.05, 4.69) is 32.8 Å². The monoisotopic (exact) mass is 504 g/mol. The van der Waals surface area contributed by atoms with Crippen molar-refractivity contribution in [3.8, 4) is 0 Å². The van der Waals surface area contributed by atoms with Crippen molar-refractivity contribution in [2.75, 3.05) is 40.0 Å². The third kappa shape index (κ3) is 22.6. The van der Waals surface area contributed by atoms with E-state index in [-0.39, 0.29) is 29.7 Å². The minimum Gasteiger partial charge on any atom is -1.00 e. The maximum absolute atomic E-state index is 11.9. The van der Waals surface area contributed by atoms with Crippen molar-refractivity contribution in [1.29, 1.82) is 0 Å². The summed E-state index contributed by atoms with van der Waals surface area (Å²) in [6, 6.07) is 0. The quantitative estimate of drug-likeness (QED) is 0.176. The van der Waals surface area contributed by atoms with E-state index in [1.807, 2.05) is 0 Å². The Bertz CT molecular complexity index is 395. The highest BCUT2D eigenvalue weighted by molar-refractivity contribution is 7.89. The van der Waals surface area contributed by atoms with E-state index in [0.29, 0.717) is 6.54 Å². The summed E-state index contributed by atoms with van der Waals surface area (Å²) in [6.45, 7) is 3.81.